The third-order valence-electron chi connectivity index (χ3n) is 1.17. The lowest BCUT2D eigenvalue weighted by Gasteiger charge is -2.10. The lowest BCUT2D eigenvalue weighted by molar-refractivity contribution is 0.104. The zero-order chi connectivity index (χ0) is 7.98. The summed E-state index contributed by atoms with van der Waals surface area (Å²) in [5.74, 6) is 5.15. The summed E-state index contributed by atoms with van der Waals surface area (Å²) in [6.45, 7) is 1.64. The highest BCUT2D eigenvalue weighted by Crippen LogP contribution is 2.02. The van der Waals surface area contributed by atoms with E-state index in [1.165, 1.54) is 7.05 Å². The van der Waals surface area contributed by atoms with Gasteiger partial charge in [-0.15, -0.1) is 11.8 Å². The van der Waals surface area contributed by atoms with Crippen molar-refractivity contribution >= 4 is 0 Å². The van der Waals surface area contributed by atoms with E-state index in [4.69, 9.17) is 0 Å². The number of alkyl halides is 2. The van der Waals surface area contributed by atoms with Crippen LogP contribution in [0.1, 0.15) is 13.3 Å². The molecule has 0 bridgehead atoms. The van der Waals surface area contributed by atoms with Crippen molar-refractivity contribution in [3.05, 3.63) is 0 Å². The highest BCUT2D eigenvalue weighted by Gasteiger charge is 2.15. The van der Waals surface area contributed by atoms with Crippen LogP contribution in [0.2, 0.25) is 0 Å². The molecule has 3 heteroatoms. The van der Waals surface area contributed by atoms with Gasteiger partial charge in [0.25, 0.3) is 6.43 Å². The SMILES string of the molecule is CC#CCC(NC)C(F)F. The number of hydrogen-bond donors (Lipinski definition) is 1. The van der Waals surface area contributed by atoms with Crippen molar-refractivity contribution in [3.63, 3.8) is 0 Å². The monoisotopic (exact) mass is 147 g/mol. The molecule has 0 aromatic rings. The minimum absolute atomic E-state index is 0.213. The highest BCUT2D eigenvalue weighted by atomic mass is 19.3. The average molecular weight is 147 g/mol. The molecule has 0 aliphatic rings. The quantitative estimate of drug-likeness (QED) is 0.592. The lowest BCUT2D eigenvalue weighted by atomic mass is 10.2. The van der Waals surface area contributed by atoms with Crippen LogP contribution in [0.3, 0.4) is 0 Å². The predicted molar refractivity (Wildman–Crippen MR) is 36.9 cm³/mol. The van der Waals surface area contributed by atoms with Gasteiger partial charge in [0.1, 0.15) is 0 Å². The number of nitrogens with one attached hydrogen (secondary N) is 1. The summed E-state index contributed by atoms with van der Waals surface area (Å²) >= 11 is 0. The molecular formula is C7H11F2N. The van der Waals surface area contributed by atoms with Crippen LogP contribution in [0, 0.1) is 11.8 Å². The van der Waals surface area contributed by atoms with Gasteiger partial charge in [-0.2, -0.15) is 0 Å². The standard InChI is InChI=1S/C7H11F2N/c1-3-4-5-6(10-2)7(8)9/h6-7,10H,5H2,1-2H3. The van der Waals surface area contributed by atoms with E-state index in [0.29, 0.717) is 0 Å². The summed E-state index contributed by atoms with van der Waals surface area (Å²) in [4.78, 5) is 0. The Labute approximate surface area is 59.8 Å². The Hall–Kier alpha value is -0.620. The molecule has 0 fully saturated rings. The van der Waals surface area contributed by atoms with Crippen LogP contribution in [0.25, 0.3) is 0 Å². The fourth-order valence-electron chi connectivity index (χ4n) is 0.529. The molecule has 0 aromatic heterocycles. The fourth-order valence-corrected chi connectivity index (χ4v) is 0.529. The molecule has 1 nitrogen and oxygen atoms in total. The third-order valence-corrected chi connectivity index (χ3v) is 1.17. The van der Waals surface area contributed by atoms with Crippen LogP contribution in [0.15, 0.2) is 0 Å². The maximum absolute atomic E-state index is 11.9. The van der Waals surface area contributed by atoms with Gasteiger partial charge >= 0.3 is 0 Å². The highest BCUT2D eigenvalue weighted by molar-refractivity contribution is 4.98. The fraction of sp³-hybridized carbons (Fsp3) is 0.714. The van der Waals surface area contributed by atoms with E-state index in [1.54, 1.807) is 6.92 Å². The number of hydrogen-bond acceptors (Lipinski definition) is 1. The Morgan fingerprint density at radius 1 is 1.50 bits per heavy atom. The zero-order valence-electron chi connectivity index (χ0n) is 6.12. The number of halogens is 2. The van der Waals surface area contributed by atoms with Crippen molar-refractivity contribution in [1.29, 1.82) is 0 Å². The Morgan fingerprint density at radius 3 is 2.40 bits per heavy atom. The summed E-state index contributed by atoms with van der Waals surface area (Å²) in [7, 11) is 1.51. The van der Waals surface area contributed by atoms with Gasteiger partial charge in [-0.25, -0.2) is 8.78 Å². The van der Waals surface area contributed by atoms with Crippen LogP contribution < -0.4 is 5.32 Å². The summed E-state index contributed by atoms with van der Waals surface area (Å²) in [6.07, 6.45) is -2.11. The molecule has 0 aromatic carbocycles. The molecule has 0 saturated carbocycles. The normalized spacial score (nSPS) is 12.5. The largest absolute Gasteiger partial charge is 0.311 e. The van der Waals surface area contributed by atoms with E-state index in [1.807, 2.05) is 0 Å². The first kappa shape index (κ1) is 9.38. The molecule has 0 rings (SSSR count). The van der Waals surface area contributed by atoms with Crippen molar-refractivity contribution in [3.8, 4) is 11.8 Å². The predicted octanol–water partition coefficient (Wildman–Crippen LogP) is 1.25. The van der Waals surface area contributed by atoms with Gasteiger partial charge in [0.15, 0.2) is 0 Å². The third kappa shape index (κ3) is 3.41. The van der Waals surface area contributed by atoms with Crippen molar-refractivity contribution in [1.82, 2.24) is 5.32 Å². The molecule has 0 spiro atoms. The maximum atomic E-state index is 11.9. The van der Waals surface area contributed by atoms with Crippen molar-refractivity contribution < 1.29 is 8.78 Å². The molecule has 10 heavy (non-hydrogen) atoms. The van der Waals surface area contributed by atoms with Crippen LogP contribution >= 0.6 is 0 Å². The molecule has 0 saturated heterocycles. The van der Waals surface area contributed by atoms with Gasteiger partial charge in [-0.05, 0) is 14.0 Å². The van der Waals surface area contributed by atoms with E-state index in [0.717, 1.165) is 0 Å². The van der Waals surface area contributed by atoms with Crippen LogP contribution in [-0.4, -0.2) is 19.5 Å². The molecule has 1 unspecified atom stereocenters. The molecule has 58 valence electrons. The molecule has 0 aliphatic heterocycles. The molecular weight excluding hydrogens is 136 g/mol. The molecule has 1 N–H and O–H groups in total. The zero-order valence-corrected chi connectivity index (χ0v) is 6.12. The summed E-state index contributed by atoms with van der Waals surface area (Å²) < 4.78 is 23.8. The Balaban J connectivity index is 3.67. The minimum Gasteiger partial charge on any atom is -0.311 e. The smallest absolute Gasteiger partial charge is 0.254 e. The molecule has 0 heterocycles. The Kier molecular flexibility index (Phi) is 4.87. The first-order valence-electron chi connectivity index (χ1n) is 3.07. The Bertz CT molecular complexity index is 134. The topological polar surface area (TPSA) is 12.0 Å². The van der Waals surface area contributed by atoms with Gasteiger partial charge in [0.05, 0.1) is 6.04 Å². The lowest BCUT2D eigenvalue weighted by Crippen LogP contribution is -2.31. The van der Waals surface area contributed by atoms with E-state index < -0.39 is 12.5 Å². The van der Waals surface area contributed by atoms with Gasteiger partial charge in [-0.1, -0.05) is 0 Å². The molecule has 1 atom stereocenters. The van der Waals surface area contributed by atoms with E-state index in [-0.39, 0.29) is 6.42 Å². The molecule has 0 aliphatic carbocycles. The van der Waals surface area contributed by atoms with Gasteiger partial charge in [-0.3, -0.25) is 0 Å². The van der Waals surface area contributed by atoms with Gasteiger partial charge < -0.3 is 5.32 Å². The first-order valence-corrected chi connectivity index (χ1v) is 3.07. The van der Waals surface area contributed by atoms with E-state index in [2.05, 4.69) is 17.2 Å². The Morgan fingerprint density at radius 2 is 2.10 bits per heavy atom. The van der Waals surface area contributed by atoms with Crippen molar-refractivity contribution in [2.45, 2.75) is 25.8 Å². The summed E-state index contributed by atoms with van der Waals surface area (Å²) in [5, 5.41) is 2.48. The average Bonchev–Trinajstić information content (AvgIpc) is 1.89. The van der Waals surface area contributed by atoms with E-state index >= 15 is 0 Å². The second-order valence-corrected chi connectivity index (χ2v) is 1.86. The van der Waals surface area contributed by atoms with Crippen LogP contribution in [0.4, 0.5) is 8.78 Å². The second kappa shape index (κ2) is 5.19. The molecule has 0 amide bonds. The van der Waals surface area contributed by atoms with Gasteiger partial charge in [0.2, 0.25) is 0 Å². The number of rotatable bonds is 3. The maximum Gasteiger partial charge on any atom is 0.254 e. The van der Waals surface area contributed by atoms with Crippen molar-refractivity contribution in [2.24, 2.45) is 0 Å². The molecule has 0 radical (unpaired) electrons. The first-order chi connectivity index (χ1) is 4.72. The van der Waals surface area contributed by atoms with Crippen LogP contribution in [0.5, 0.6) is 0 Å². The second-order valence-electron chi connectivity index (χ2n) is 1.86. The summed E-state index contributed by atoms with van der Waals surface area (Å²) in [6, 6.07) is -0.785. The van der Waals surface area contributed by atoms with E-state index in [9.17, 15) is 8.78 Å². The van der Waals surface area contributed by atoms with Gasteiger partial charge in [0, 0.05) is 6.42 Å². The summed E-state index contributed by atoms with van der Waals surface area (Å²) in [5.41, 5.74) is 0. The van der Waals surface area contributed by atoms with Crippen LogP contribution in [-0.2, 0) is 0 Å². The minimum atomic E-state index is -2.33. The van der Waals surface area contributed by atoms with Crippen molar-refractivity contribution in [2.75, 3.05) is 7.05 Å².